The lowest BCUT2D eigenvalue weighted by Gasteiger charge is -2.13. The Morgan fingerprint density at radius 3 is 2.83 bits per heavy atom. The number of aromatic nitrogens is 2. The second-order valence-corrected chi connectivity index (χ2v) is 4.08. The first kappa shape index (κ1) is 12.5. The van der Waals surface area contributed by atoms with Gasteiger partial charge in [-0.2, -0.15) is 5.10 Å². The smallest absolute Gasteiger partial charge is 0.252 e. The van der Waals surface area contributed by atoms with E-state index in [1.807, 2.05) is 6.07 Å². The number of aliphatic hydroxyl groups is 2. The number of carbonyl (C=O) groups excluding carboxylic acids is 1. The molecule has 1 aromatic heterocycles. The average molecular weight is 249 g/mol. The molecule has 2 aromatic rings. The molecule has 0 aliphatic rings. The zero-order chi connectivity index (χ0) is 13.1. The first-order valence-electron chi connectivity index (χ1n) is 5.60. The van der Waals surface area contributed by atoms with Crippen molar-refractivity contribution < 1.29 is 15.0 Å². The number of nitrogens with one attached hydrogen (secondary N) is 1. The molecule has 2 rings (SSSR count). The summed E-state index contributed by atoms with van der Waals surface area (Å²) in [7, 11) is 1.78. The summed E-state index contributed by atoms with van der Waals surface area (Å²) in [6, 6.07) is 4.61. The van der Waals surface area contributed by atoms with E-state index >= 15 is 0 Å². The average Bonchev–Trinajstić information content (AvgIpc) is 2.75. The molecule has 0 unspecified atom stereocenters. The van der Waals surface area contributed by atoms with Gasteiger partial charge >= 0.3 is 0 Å². The van der Waals surface area contributed by atoms with Crippen LogP contribution in [0.5, 0.6) is 0 Å². The maximum Gasteiger partial charge on any atom is 0.252 e. The van der Waals surface area contributed by atoms with Gasteiger partial charge in [-0.15, -0.1) is 0 Å². The standard InChI is InChI=1S/C12H15N3O3/c1-15-5-10-9(3-2-4-11(10)14-15)12(18)13-8(6-16)7-17/h2-5,8,16-17H,6-7H2,1H3,(H,13,18). The van der Waals surface area contributed by atoms with E-state index in [2.05, 4.69) is 10.4 Å². The predicted octanol–water partition coefficient (Wildman–Crippen LogP) is -0.344. The first-order valence-corrected chi connectivity index (χ1v) is 5.60. The van der Waals surface area contributed by atoms with Crippen LogP contribution in [0.25, 0.3) is 10.9 Å². The second kappa shape index (κ2) is 5.16. The summed E-state index contributed by atoms with van der Waals surface area (Å²) in [6.07, 6.45) is 1.76. The number of hydrogen-bond acceptors (Lipinski definition) is 4. The van der Waals surface area contributed by atoms with Gasteiger partial charge in [-0.05, 0) is 12.1 Å². The molecule has 0 aliphatic carbocycles. The van der Waals surface area contributed by atoms with Crippen LogP contribution in [0.15, 0.2) is 24.4 Å². The van der Waals surface area contributed by atoms with Crippen molar-refractivity contribution in [3.05, 3.63) is 30.0 Å². The lowest BCUT2D eigenvalue weighted by Crippen LogP contribution is -2.40. The molecular formula is C12H15N3O3. The molecule has 18 heavy (non-hydrogen) atoms. The Hall–Kier alpha value is -1.92. The predicted molar refractivity (Wildman–Crippen MR) is 66.1 cm³/mol. The van der Waals surface area contributed by atoms with Crippen molar-refractivity contribution in [3.8, 4) is 0 Å². The van der Waals surface area contributed by atoms with Gasteiger partial charge in [-0.3, -0.25) is 9.48 Å². The normalized spacial score (nSPS) is 11.1. The number of benzene rings is 1. The van der Waals surface area contributed by atoms with Gasteiger partial charge in [0.2, 0.25) is 0 Å². The minimum Gasteiger partial charge on any atom is -0.394 e. The largest absolute Gasteiger partial charge is 0.394 e. The molecule has 3 N–H and O–H groups in total. The minimum atomic E-state index is -0.649. The Kier molecular flexibility index (Phi) is 3.59. The zero-order valence-corrected chi connectivity index (χ0v) is 10.00. The van der Waals surface area contributed by atoms with Crippen LogP contribution in [0.4, 0.5) is 0 Å². The van der Waals surface area contributed by atoms with E-state index in [4.69, 9.17) is 10.2 Å². The monoisotopic (exact) mass is 249 g/mol. The van der Waals surface area contributed by atoms with E-state index in [1.54, 1.807) is 30.1 Å². The molecule has 0 saturated heterocycles. The lowest BCUT2D eigenvalue weighted by atomic mass is 10.1. The number of amides is 1. The van der Waals surface area contributed by atoms with Gasteiger partial charge in [-0.1, -0.05) is 6.07 Å². The molecule has 96 valence electrons. The second-order valence-electron chi connectivity index (χ2n) is 4.08. The third-order valence-corrected chi connectivity index (χ3v) is 2.69. The van der Waals surface area contributed by atoms with Crippen LogP contribution >= 0.6 is 0 Å². The third-order valence-electron chi connectivity index (χ3n) is 2.69. The van der Waals surface area contributed by atoms with Crippen LogP contribution in [0.1, 0.15) is 10.4 Å². The number of hydrogen-bond donors (Lipinski definition) is 3. The quantitative estimate of drug-likeness (QED) is 0.691. The Labute approximate surface area is 104 Å². The van der Waals surface area contributed by atoms with E-state index in [0.717, 1.165) is 10.9 Å². The molecular weight excluding hydrogens is 234 g/mol. The van der Waals surface area contributed by atoms with E-state index in [-0.39, 0.29) is 19.1 Å². The zero-order valence-electron chi connectivity index (χ0n) is 10.00. The highest BCUT2D eigenvalue weighted by molar-refractivity contribution is 6.06. The summed E-state index contributed by atoms with van der Waals surface area (Å²) < 4.78 is 1.64. The fourth-order valence-corrected chi connectivity index (χ4v) is 1.77. The summed E-state index contributed by atoms with van der Waals surface area (Å²) >= 11 is 0. The molecule has 0 spiro atoms. The van der Waals surface area contributed by atoms with Gasteiger partial charge in [0.25, 0.3) is 5.91 Å². The van der Waals surface area contributed by atoms with Crippen LogP contribution in [-0.4, -0.2) is 45.2 Å². The Morgan fingerprint density at radius 1 is 1.44 bits per heavy atom. The highest BCUT2D eigenvalue weighted by atomic mass is 16.3. The molecule has 0 radical (unpaired) electrons. The maximum atomic E-state index is 12.0. The number of aryl methyl sites for hydroxylation is 1. The van der Waals surface area contributed by atoms with Crippen molar-refractivity contribution in [3.63, 3.8) is 0 Å². The molecule has 0 saturated carbocycles. The molecule has 1 heterocycles. The van der Waals surface area contributed by atoms with Crippen molar-refractivity contribution in [1.82, 2.24) is 15.1 Å². The molecule has 6 nitrogen and oxygen atoms in total. The van der Waals surface area contributed by atoms with E-state index in [0.29, 0.717) is 5.56 Å². The molecule has 0 bridgehead atoms. The van der Waals surface area contributed by atoms with Gasteiger partial charge in [0, 0.05) is 18.6 Å². The summed E-state index contributed by atoms with van der Waals surface area (Å²) in [4.78, 5) is 12.0. The molecule has 0 atom stereocenters. The van der Waals surface area contributed by atoms with Crippen LogP contribution in [-0.2, 0) is 7.05 Å². The van der Waals surface area contributed by atoms with Crippen molar-refractivity contribution in [2.45, 2.75) is 6.04 Å². The van der Waals surface area contributed by atoms with Crippen molar-refractivity contribution in [1.29, 1.82) is 0 Å². The number of nitrogens with zero attached hydrogens (tertiary/aromatic N) is 2. The summed E-state index contributed by atoms with van der Waals surface area (Å²) in [6.45, 7) is -0.601. The Morgan fingerprint density at radius 2 is 2.17 bits per heavy atom. The third kappa shape index (κ3) is 2.34. The number of aliphatic hydroxyl groups excluding tert-OH is 2. The van der Waals surface area contributed by atoms with Crippen molar-refractivity contribution >= 4 is 16.8 Å². The first-order chi connectivity index (χ1) is 8.65. The maximum absolute atomic E-state index is 12.0. The van der Waals surface area contributed by atoms with Crippen LogP contribution in [0.3, 0.4) is 0 Å². The highest BCUT2D eigenvalue weighted by Crippen LogP contribution is 2.17. The van der Waals surface area contributed by atoms with Gasteiger partial charge in [0.15, 0.2) is 0 Å². The topological polar surface area (TPSA) is 87.4 Å². The van der Waals surface area contributed by atoms with Crippen LogP contribution in [0.2, 0.25) is 0 Å². The summed E-state index contributed by atoms with van der Waals surface area (Å²) in [5.41, 5.74) is 1.21. The minimum absolute atomic E-state index is 0.300. The van der Waals surface area contributed by atoms with Gasteiger partial charge in [0.05, 0.1) is 30.3 Å². The molecule has 0 fully saturated rings. The molecule has 0 aliphatic heterocycles. The molecule has 6 heteroatoms. The lowest BCUT2D eigenvalue weighted by molar-refractivity contribution is 0.0881. The Bertz CT molecular complexity index is 561. The fraction of sp³-hybridized carbons (Fsp3) is 0.333. The number of rotatable bonds is 4. The van der Waals surface area contributed by atoms with Crippen molar-refractivity contribution in [2.75, 3.05) is 13.2 Å². The van der Waals surface area contributed by atoms with E-state index < -0.39 is 6.04 Å². The highest BCUT2D eigenvalue weighted by Gasteiger charge is 2.15. The number of fused-ring (bicyclic) bond motifs is 1. The number of carbonyl (C=O) groups is 1. The Balaban J connectivity index is 2.32. The van der Waals surface area contributed by atoms with E-state index in [9.17, 15) is 4.79 Å². The SMILES string of the molecule is Cn1cc2c(C(=O)NC(CO)CO)cccc2n1. The van der Waals surface area contributed by atoms with Crippen LogP contribution in [0, 0.1) is 0 Å². The van der Waals surface area contributed by atoms with Gasteiger partial charge in [-0.25, -0.2) is 0 Å². The van der Waals surface area contributed by atoms with Gasteiger partial charge in [0.1, 0.15) is 0 Å². The summed E-state index contributed by atoms with van der Waals surface area (Å²) in [5.74, 6) is -0.332. The van der Waals surface area contributed by atoms with Crippen molar-refractivity contribution in [2.24, 2.45) is 7.05 Å². The summed E-state index contributed by atoms with van der Waals surface area (Å²) in [5, 5.41) is 25.4. The van der Waals surface area contributed by atoms with Gasteiger partial charge < -0.3 is 15.5 Å². The molecule has 1 aromatic carbocycles. The van der Waals surface area contributed by atoms with E-state index in [1.165, 1.54) is 0 Å². The fourth-order valence-electron chi connectivity index (χ4n) is 1.77. The van der Waals surface area contributed by atoms with Crippen LogP contribution < -0.4 is 5.32 Å². The molecule has 1 amide bonds.